The predicted octanol–water partition coefficient (Wildman–Crippen LogP) is 6.17. The van der Waals surface area contributed by atoms with Crippen molar-refractivity contribution >= 4 is 22.7 Å². The number of benzene rings is 2. The molecule has 0 radical (unpaired) electrons. The molecule has 1 amide bonds. The molecular weight excluding hydrogens is 452 g/mol. The number of rotatable bonds is 10. The van der Waals surface area contributed by atoms with Crippen molar-refractivity contribution in [1.82, 2.24) is 9.80 Å². The summed E-state index contributed by atoms with van der Waals surface area (Å²) in [5, 5.41) is 11.8. The minimum absolute atomic E-state index is 0.0796. The van der Waals surface area contributed by atoms with E-state index in [1.807, 2.05) is 49.4 Å². The van der Waals surface area contributed by atoms with E-state index >= 15 is 0 Å². The molecule has 1 N–H and O–H groups in total. The molecule has 0 saturated heterocycles. The Morgan fingerprint density at radius 2 is 1.78 bits per heavy atom. The number of carbonyl (C=O) groups is 2. The van der Waals surface area contributed by atoms with Crippen molar-refractivity contribution in [3.63, 3.8) is 0 Å². The van der Waals surface area contributed by atoms with Gasteiger partial charge >= 0.3 is 0 Å². The average molecular weight is 489 g/mol. The Balaban J connectivity index is 1.71. The van der Waals surface area contributed by atoms with E-state index in [-0.39, 0.29) is 11.3 Å². The Labute approximate surface area is 213 Å². The van der Waals surface area contributed by atoms with Crippen LogP contribution in [-0.4, -0.2) is 52.8 Å². The molecule has 2 heterocycles. The topological polar surface area (TPSA) is 74.0 Å². The molecule has 3 aromatic rings. The Kier molecular flexibility index (Phi) is 7.65. The lowest BCUT2D eigenvalue weighted by Crippen LogP contribution is -2.34. The molecule has 1 aromatic heterocycles. The van der Waals surface area contributed by atoms with Crippen molar-refractivity contribution in [2.24, 2.45) is 0 Å². The van der Waals surface area contributed by atoms with Crippen LogP contribution < -0.4 is 0 Å². The van der Waals surface area contributed by atoms with Crippen molar-refractivity contribution in [3.8, 4) is 0 Å². The van der Waals surface area contributed by atoms with Crippen LogP contribution in [0.25, 0.3) is 11.0 Å². The normalized spacial score (nSPS) is 16.2. The summed E-state index contributed by atoms with van der Waals surface area (Å²) in [6.45, 7) is 13.6. The second kappa shape index (κ2) is 10.7. The molecule has 0 aliphatic carbocycles. The molecule has 0 fully saturated rings. The van der Waals surface area contributed by atoms with Gasteiger partial charge < -0.3 is 19.3 Å². The average Bonchev–Trinajstić information content (AvgIpc) is 3.40. The van der Waals surface area contributed by atoms with Crippen molar-refractivity contribution in [1.29, 1.82) is 0 Å². The van der Waals surface area contributed by atoms with Crippen LogP contribution in [-0.2, 0) is 4.79 Å². The highest BCUT2D eigenvalue weighted by atomic mass is 16.3. The van der Waals surface area contributed by atoms with E-state index < -0.39 is 23.5 Å². The number of carbonyl (C=O) groups excluding carboxylic acids is 2. The largest absolute Gasteiger partial charge is 0.503 e. The summed E-state index contributed by atoms with van der Waals surface area (Å²) in [6.07, 6.45) is 0.743. The maximum atomic E-state index is 13.7. The molecular formula is C30H36N2O4. The third-order valence-electron chi connectivity index (χ3n) is 7.13. The number of aliphatic hydroxyl groups excluding tert-OH is 1. The third-order valence-corrected chi connectivity index (χ3v) is 7.13. The number of aliphatic hydroxyl groups is 1. The number of fused-ring (bicyclic) bond motifs is 1. The number of hydrogen-bond acceptors (Lipinski definition) is 5. The first-order chi connectivity index (χ1) is 17.2. The second-order valence-corrected chi connectivity index (χ2v) is 9.85. The van der Waals surface area contributed by atoms with Gasteiger partial charge in [-0.05, 0) is 68.2 Å². The van der Waals surface area contributed by atoms with Gasteiger partial charge in [-0.2, -0.15) is 0 Å². The molecule has 1 atom stereocenters. The van der Waals surface area contributed by atoms with Crippen molar-refractivity contribution in [2.75, 3.05) is 26.2 Å². The van der Waals surface area contributed by atoms with Gasteiger partial charge in [-0.15, -0.1) is 0 Å². The van der Waals surface area contributed by atoms with Gasteiger partial charge in [-0.1, -0.05) is 63.6 Å². The summed E-state index contributed by atoms with van der Waals surface area (Å²) in [5.41, 5.74) is 3.71. The highest BCUT2D eigenvalue weighted by Crippen LogP contribution is 2.40. The number of furan rings is 1. The number of Topliss-reactive ketones (excluding diaryl/α,β-unsaturated/α-hetero) is 1. The molecule has 0 saturated carbocycles. The van der Waals surface area contributed by atoms with Crippen LogP contribution in [0.15, 0.2) is 64.3 Å². The lowest BCUT2D eigenvalue weighted by molar-refractivity contribution is -0.129. The summed E-state index contributed by atoms with van der Waals surface area (Å²) >= 11 is 0. The van der Waals surface area contributed by atoms with Crippen LogP contribution >= 0.6 is 0 Å². The van der Waals surface area contributed by atoms with E-state index in [2.05, 4.69) is 32.6 Å². The first-order valence-corrected chi connectivity index (χ1v) is 12.9. The maximum absolute atomic E-state index is 13.7. The Morgan fingerprint density at radius 1 is 1.08 bits per heavy atom. The van der Waals surface area contributed by atoms with E-state index in [9.17, 15) is 14.7 Å². The molecule has 0 spiro atoms. The number of ketones is 1. The highest BCUT2D eigenvalue weighted by molar-refractivity contribution is 6.16. The van der Waals surface area contributed by atoms with Crippen molar-refractivity contribution in [3.05, 3.63) is 82.3 Å². The molecule has 1 aliphatic heterocycles. The van der Waals surface area contributed by atoms with Gasteiger partial charge in [0, 0.05) is 11.9 Å². The van der Waals surface area contributed by atoms with Gasteiger partial charge in [0.15, 0.2) is 11.5 Å². The summed E-state index contributed by atoms with van der Waals surface area (Å²) in [5.74, 6) is -0.976. The van der Waals surface area contributed by atoms with Gasteiger partial charge in [-0.3, -0.25) is 9.59 Å². The zero-order chi connectivity index (χ0) is 26.0. The van der Waals surface area contributed by atoms with E-state index in [4.69, 9.17) is 4.42 Å². The van der Waals surface area contributed by atoms with Crippen LogP contribution in [0.4, 0.5) is 0 Å². The van der Waals surface area contributed by atoms with Crippen LogP contribution in [0.2, 0.25) is 0 Å². The Morgan fingerprint density at radius 3 is 2.42 bits per heavy atom. The van der Waals surface area contributed by atoms with E-state index in [0.29, 0.717) is 18.0 Å². The highest BCUT2D eigenvalue weighted by Gasteiger charge is 2.44. The Bertz CT molecular complexity index is 1280. The fraction of sp³-hybridized carbons (Fsp3) is 0.400. The first kappa shape index (κ1) is 25.7. The quantitative estimate of drug-likeness (QED) is 0.345. The van der Waals surface area contributed by atoms with Crippen molar-refractivity contribution in [2.45, 2.75) is 53.0 Å². The third kappa shape index (κ3) is 4.96. The molecule has 6 heteroatoms. The summed E-state index contributed by atoms with van der Waals surface area (Å²) in [4.78, 5) is 30.9. The molecule has 36 heavy (non-hydrogen) atoms. The van der Waals surface area contributed by atoms with E-state index in [1.165, 1.54) is 5.56 Å². The number of nitrogens with zero attached hydrogens (tertiary/aromatic N) is 2. The predicted molar refractivity (Wildman–Crippen MR) is 142 cm³/mol. The standard InChI is InChI=1S/C30H36N2O4/c1-6-31(7-2)15-8-16-32-27(22-12-10-21(11-13-22)19(3)4)26(29(34)30(32)35)28(33)25-18-23-17-20(5)9-14-24(23)36-25/h9-14,17-19,27,34H,6-8,15-16H2,1-5H3. The zero-order valence-corrected chi connectivity index (χ0v) is 21.9. The lowest BCUT2D eigenvalue weighted by atomic mass is 9.93. The smallest absolute Gasteiger partial charge is 0.290 e. The van der Waals surface area contributed by atoms with Crippen LogP contribution in [0.3, 0.4) is 0 Å². The zero-order valence-electron chi connectivity index (χ0n) is 21.9. The first-order valence-electron chi connectivity index (χ1n) is 12.9. The van der Waals surface area contributed by atoms with Gasteiger partial charge in [0.05, 0.1) is 11.6 Å². The molecule has 190 valence electrons. The SMILES string of the molecule is CCN(CC)CCCN1C(=O)C(O)=C(C(=O)c2cc3cc(C)ccc3o2)C1c1ccc(C(C)C)cc1. The van der Waals surface area contributed by atoms with E-state index in [1.54, 1.807) is 11.0 Å². The maximum Gasteiger partial charge on any atom is 0.290 e. The Hall–Kier alpha value is -3.38. The number of aryl methyl sites for hydroxylation is 1. The van der Waals surface area contributed by atoms with E-state index in [0.717, 1.165) is 42.6 Å². The summed E-state index contributed by atoms with van der Waals surface area (Å²) < 4.78 is 5.86. The summed E-state index contributed by atoms with van der Waals surface area (Å²) in [7, 11) is 0. The van der Waals surface area contributed by atoms with Crippen LogP contribution in [0.1, 0.15) is 73.3 Å². The molecule has 1 unspecified atom stereocenters. The van der Waals surface area contributed by atoms with Crippen LogP contribution in [0, 0.1) is 6.92 Å². The van der Waals surface area contributed by atoms with Gasteiger partial charge in [0.1, 0.15) is 5.58 Å². The second-order valence-electron chi connectivity index (χ2n) is 9.85. The molecule has 1 aliphatic rings. The monoisotopic (exact) mass is 488 g/mol. The number of amides is 1. The molecule has 2 aromatic carbocycles. The molecule has 0 bridgehead atoms. The fourth-order valence-corrected chi connectivity index (χ4v) is 4.94. The van der Waals surface area contributed by atoms with Gasteiger partial charge in [-0.25, -0.2) is 0 Å². The lowest BCUT2D eigenvalue weighted by Gasteiger charge is -2.28. The van der Waals surface area contributed by atoms with Gasteiger partial charge in [0.25, 0.3) is 5.91 Å². The summed E-state index contributed by atoms with van der Waals surface area (Å²) in [6, 6.07) is 14.7. The minimum Gasteiger partial charge on any atom is -0.503 e. The molecule has 6 nitrogen and oxygen atoms in total. The fourth-order valence-electron chi connectivity index (χ4n) is 4.94. The van der Waals surface area contributed by atoms with Crippen LogP contribution in [0.5, 0.6) is 0 Å². The van der Waals surface area contributed by atoms with Crippen molar-refractivity contribution < 1.29 is 19.1 Å². The minimum atomic E-state index is -0.669. The number of hydrogen-bond donors (Lipinski definition) is 1. The molecule has 4 rings (SSSR count). The van der Waals surface area contributed by atoms with Gasteiger partial charge in [0.2, 0.25) is 5.78 Å².